The zero-order chi connectivity index (χ0) is 22.9. The van der Waals surface area contributed by atoms with Crippen molar-refractivity contribution in [1.29, 1.82) is 0 Å². The fourth-order valence-corrected chi connectivity index (χ4v) is 3.44. The Hall–Kier alpha value is -0.338. The number of aryl methyl sites for hydroxylation is 1. The number of hydrogen-bond acceptors (Lipinski definition) is 5. The maximum absolute atomic E-state index is 10.4. The Labute approximate surface area is 196 Å². The highest BCUT2D eigenvalue weighted by atomic mass is 35.8. The standard InChI is InChI=1S/C9H12O3S.C6H6.C3H6O3S.Al.3ClH/c10-13(11,12)8-4-7-9-5-2-1-3-6-9;1-2-4-6-5-3-1;4-7(5)3-1-2-6-7;;;;/h1-3,5-6H,4,7-8H2,(H,10,11,12);1-6H;1-3H2;;3*1H/q;;;+3;;;/p-3. The number of benzene rings is 2. The van der Waals surface area contributed by atoms with Crippen molar-refractivity contribution in [1.82, 2.24) is 0 Å². The van der Waals surface area contributed by atoms with Crippen molar-refractivity contribution < 1.29 is 25.6 Å². The number of rotatable bonds is 4. The van der Waals surface area contributed by atoms with Crippen molar-refractivity contribution in [2.45, 2.75) is 19.3 Å². The smallest absolute Gasteiger partial charge is 0.286 e. The maximum Gasteiger partial charge on any atom is 0.643 e. The van der Waals surface area contributed by atoms with E-state index in [2.05, 4.69) is 4.18 Å². The molecule has 12 heteroatoms. The van der Waals surface area contributed by atoms with Gasteiger partial charge in [0.25, 0.3) is 20.2 Å². The number of halogens is 3. The van der Waals surface area contributed by atoms with Crippen LogP contribution in [0.4, 0.5) is 0 Å². The molecule has 1 aliphatic rings. The quantitative estimate of drug-likeness (QED) is 0.350. The molecule has 1 aliphatic heterocycles. The Morgan fingerprint density at radius 3 is 1.67 bits per heavy atom. The van der Waals surface area contributed by atoms with Crippen molar-refractivity contribution in [2.75, 3.05) is 18.1 Å². The van der Waals surface area contributed by atoms with Crippen LogP contribution in [-0.4, -0.2) is 50.9 Å². The maximum atomic E-state index is 10.4. The van der Waals surface area contributed by atoms with Crippen molar-refractivity contribution in [3.05, 3.63) is 72.3 Å². The van der Waals surface area contributed by atoms with Gasteiger partial charge in [-0.25, -0.2) is 30.1 Å². The van der Waals surface area contributed by atoms with E-state index in [4.69, 9.17) is 34.7 Å². The zero-order valence-electron chi connectivity index (χ0n) is 16.1. The van der Waals surface area contributed by atoms with Gasteiger partial charge in [-0.3, -0.25) is 8.74 Å². The molecule has 1 saturated heterocycles. The minimum Gasteiger partial charge on any atom is -0.286 e. The van der Waals surface area contributed by atoms with E-state index in [-0.39, 0.29) is 11.5 Å². The molecule has 0 aliphatic carbocycles. The molecule has 0 saturated carbocycles. The molecule has 0 aromatic heterocycles. The van der Waals surface area contributed by atoms with Gasteiger partial charge < -0.3 is 0 Å². The summed E-state index contributed by atoms with van der Waals surface area (Å²) in [5.74, 6) is 0.0366. The van der Waals surface area contributed by atoms with Gasteiger partial charge >= 0.3 is 11.4 Å². The summed E-state index contributed by atoms with van der Waals surface area (Å²) in [5, 5.41) is 0. The highest BCUT2D eigenvalue weighted by Gasteiger charge is 2.16. The molecule has 2 aromatic carbocycles. The van der Waals surface area contributed by atoms with Crippen LogP contribution in [0.3, 0.4) is 0 Å². The van der Waals surface area contributed by atoms with Gasteiger partial charge in [0.2, 0.25) is 0 Å². The normalized spacial score (nSPS) is 14.0. The molecule has 0 unspecified atom stereocenters. The summed E-state index contributed by atoms with van der Waals surface area (Å²) < 4.78 is 54.0. The molecule has 1 fully saturated rings. The predicted octanol–water partition coefficient (Wildman–Crippen LogP) is 4.62. The lowest BCUT2D eigenvalue weighted by Crippen LogP contribution is -2.04. The predicted molar refractivity (Wildman–Crippen MR) is 125 cm³/mol. The molecule has 3 rings (SSSR count). The van der Waals surface area contributed by atoms with Crippen molar-refractivity contribution in [3.8, 4) is 0 Å². The van der Waals surface area contributed by atoms with Gasteiger partial charge in [0.05, 0.1) is 18.1 Å². The topological polar surface area (TPSA) is 97.7 Å². The third-order valence-corrected chi connectivity index (χ3v) is 5.30. The highest BCUT2D eigenvalue weighted by molar-refractivity contribution is 7.86. The molecular formula is C18H24AlCl3O6S2. The summed E-state index contributed by atoms with van der Waals surface area (Å²) in [6.07, 6.45) is 1.80. The molecule has 168 valence electrons. The van der Waals surface area contributed by atoms with Crippen LogP contribution in [0.1, 0.15) is 18.4 Å². The van der Waals surface area contributed by atoms with Crippen LogP contribution >= 0.6 is 30.1 Å². The zero-order valence-corrected chi connectivity index (χ0v) is 21.2. The molecule has 1 N–H and O–H groups in total. The largest absolute Gasteiger partial charge is 0.643 e. The summed E-state index contributed by atoms with van der Waals surface area (Å²) in [6, 6.07) is 21.6. The van der Waals surface area contributed by atoms with E-state index in [9.17, 15) is 16.8 Å². The number of hydrogen-bond donors (Lipinski definition) is 1. The molecule has 0 bridgehead atoms. The van der Waals surface area contributed by atoms with Gasteiger partial charge in [-0.05, 0) is 24.8 Å². The van der Waals surface area contributed by atoms with Gasteiger partial charge in [-0.15, -0.1) is 0 Å². The minimum atomic E-state index is -3.79. The van der Waals surface area contributed by atoms with Crippen LogP contribution in [0.5, 0.6) is 0 Å². The van der Waals surface area contributed by atoms with Crippen molar-refractivity contribution in [3.63, 3.8) is 0 Å². The van der Waals surface area contributed by atoms with Crippen LogP contribution in [0, 0.1) is 0 Å². The second kappa shape index (κ2) is 17.2. The third-order valence-electron chi connectivity index (χ3n) is 3.18. The lowest BCUT2D eigenvalue weighted by molar-refractivity contribution is 0.354. The van der Waals surface area contributed by atoms with Gasteiger partial charge in [0, 0.05) is 0 Å². The first-order valence-electron chi connectivity index (χ1n) is 8.80. The fraction of sp³-hybridized carbons (Fsp3) is 0.333. The van der Waals surface area contributed by atoms with Crippen LogP contribution in [-0.2, 0) is 30.8 Å². The summed E-state index contributed by atoms with van der Waals surface area (Å²) in [7, 11) is 7.99. The SMILES string of the molecule is O=S(=O)(O)CCCc1ccccc1.O=S1(=O)CCCO1.[Cl][Al]([Cl])[Cl].c1ccccc1. The second-order valence-electron chi connectivity index (χ2n) is 5.71. The molecule has 1 heterocycles. The van der Waals surface area contributed by atoms with Crippen LogP contribution in [0.15, 0.2) is 66.7 Å². The van der Waals surface area contributed by atoms with E-state index in [0.29, 0.717) is 25.9 Å². The van der Waals surface area contributed by atoms with Crippen molar-refractivity contribution in [2.24, 2.45) is 0 Å². The van der Waals surface area contributed by atoms with E-state index < -0.39 is 31.6 Å². The van der Waals surface area contributed by atoms with E-state index in [1.165, 1.54) is 0 Å². The molecule has 0 atom stereocenters. The summed E-state index contributed by atoms with van der Waals surface area (Å²) in [6.45, 7) is 0.377. The first kappa shape index (κ1) is 29.7. The fourth-order valence-electron chi connectivity index (χ4n) is 1.97. The first-order chi connectivity index (χ1) is 14.0. The van der Waals surface area contributed by atoms with E-state index in [1.807, 2.05) is 66.7 Å². The van der Waals surface area contributed by atoms with E-state index in [1.54, 1.807) is 0 Å². The minimum absolute atomic E-state index is 0.165. The monoisotopic (exact) mass is 532 g/mol. The van der Waals surface area contributed by atoms with Gasteiger partial charge in [-0.1, -0.05) is 66.7 Å². The third kappa shape index (κ3) is 22.3. The van der Waals surface area contributed by atoms with E-state index >= 15 is 0 Å². The molecular weight excluding hydrogens is 510 g/mol. The van der Waals surface area contributed by atoms with Crippen molar-refractivity contribution >= 4 is 61.8 Å². The highest BCUT2D eigenvalue weighted by Crippen LogP contribution is 2.05. The second-order valence-corrected chi connectivity index (χ2v) is 15.5. The molecule has 30 heavy (non-hydrogen) atoms. The summed E-state index contributed by atoms with van der Waals surface area (Å²) in [5.41, 5.74) is 1.09. The van der Waals surface area contributed by atoms with Gasteiger partial charge in [0.15, 0.2) is 0 Å². The molecule has 2 aromatic rings. The van der Waals surface area contributed by atoms with Crippen LogP contribution < -0.4 is 0 Å². The Morgan fingerprint density at radius 1 is 0.933 bits per heavy atom. The molecule has 0 amide bonds. The summed E-state index contributed by atoms with van der Waals surface area (Å²) in [4.78, 5) is 0. The Kier molecular flexibility index (Phi) is 17.1. The van der Waals surface area contributed by atoms with Gasteiger partial charge in [0.1, 0.15) is 0 Å². The Morgan fingerprint density at radius 2 is 1.37 bits per heavy atom. The Bertz CT molecular complexity index is 826. The molecule has 6 nitrogen and oxygen atoms in total. The van der Waals surface area contributed by atoms with Gasteiger partial charge in [-0.2, -0.15) is 16.8 Å². The first-order valence-corrected chi connectivity index (χ1v) is 17.2. The van der Waals surface area contributed by atoms with Crippen LogP contribution in [0.25, 0.3) is 0 Å². The Balaban J connectivity index is 0.000000416. The average molecular weight is 534 g/mol. The lowest BCUT2D eigenvalue weighted by atomic mass is 10.1. The molecule has 0 spiro atoms. The van der Waals surface area contributed by atoms with Crippen LogP contribution in [0.2, 0.25) is 0 Å². The average Bonchev–Trinajstić information content (AvgIpc) is 3.08. The lowest BCUT2D eigenvalue weighted by Gasteiger charge is -1.98. The summed E-state index contributed by atoms with van der Waals surface area (Å²) >= 11 is -1.72. The molecule has 0 radical (unpaired) electrons. The van der Waals surface area contributed by atoms with E-state index in [0.717, 1.165) is 5.56 Å².